The lowest BCUT2D eigenvalue weighted by atomic mass is 9.85. The minimum absolute atomic E-state index is 0.126. The lowest BCUT2D eigenvalue weighted by molar-refractivity contribution is -0.384. The molecule has 1 aliphatic heterocycles. The van der Waals surface area contributed by atoms with Crippen molar-refractivity contribution in [3.8, 4) is 0 Å². The van der Waals surface area contributed by atoms with Gasteiger partial charge in [0, 0.05) is 17.8 Å². The number of hydrogen-bond acceptors (Lipinski definition) is 7. The summed E-state index contributed by atoms with van der Waals surface area (Å²) in [6, 6.07) is 4.01. The van der Waals surface area contributed by atoms with Crippen molar-refractivity contribution in [1.29, 1.82) is 0 Å². The molecule has 1 aromatic carbocycles. The Morgan fingerprint density at radius 3 is 2.24 bits per heavy atom. The van der Waals surface area contributed by atoms with Gasteiger partial charge in [-0.3, -0.25) is 29.4 Å². The van der Waals surface area contributed by atoms with Crippen LogP contribution in [-0.4, -0.2) is 46.2 Å². The van der Waals surface area contributed by atoms with Crippen molar-refractivity contribution in [1.82, 2.24) is 4.90 Å². The number of rotatable bonds is 6. The monoisotopic (exact) mass is 401 g/mol. The molecule has 1 aromatic rings. The highest BCUT2D eigenvalue weighted by atomic mass is 16.6. The third kappa shape index (κ3) is 4.15. The maximum atomic E-state index is 12.5. The number of fused-ring (bicyclic) bond motifs is 1. The second-order valence-corrected chi connectivity index (χ2v) is 6.84. The molecule has 1 heterocycles. The minimum atomic E-state index is -1.13. The fraction of sp³-hybridized carbons (Fsp3) is 0.368. The minimum Gasteiger partial charge on any atom is -0.454 e. The van der Waals surface area contributed by atoms with E-state index in [0.717, 1.165) is 4.90 Å². The van der Waals surface area contributed by atoms with Crippen molar-refractivity contribution in [2.75, 3.05) is 11.9 Å². The molecule has 1 aliphatic carbocycles. The van der Waals surface area contributed by atoms with Gasteiger partial charge in [-0.15, -0.1) is 0 Å². The number of anilines is 1. The molecule has 0 radical (unpaired) electrons. The Bertz CT molecular complexity index is 868. The van der Waals surface area contributed by atoms with Crippen LogP contribution < -0.4 is 5.32 Å². The molecule has 10 heteroatoms. The number of nitro benzene ring substituents is 1. The van der Waals surface area contributed by atoms with Crippen LogP contribution in [0, 0.1) is 22.0 Å². The van der Waals surface area contributed by atoms with E-state index in [4.69, 9.17) is 4.74 Å². The maximum Gasteiger partial charge on any atom is 0.329 e. The van der Waals surface area contributed by atoms with E-state index in [1.807, 2.05) is 12.2 Å². The predicted octanol–water partition coefficient (Wildman–Crippen LogP) is 1.42. The zero-order chi connectivity index (χ0) is 21.1. The third-order valence-electron chi connectivity index (χ3n) is 4.98. The molecular formula is C19H19N3O7. The number of carbonyl (C=O) groups excluding carboxylic acids is 4. The first-order chi connectivity index (χ1) is 13.8. The maximum absolute atomic E-state index is 12.5. The Hall–Kier alpha value is -3.56. The molecule has 152 valence electrons. The van der Waals surface area contributed by atoms with Gasteiger partial charge in [0.25, 0.3) is 11.6 Å². The molecule has 2 aliphatic rings. The first-order valence-corrected chi connectivity index (χ1v) is 9.02. The molecule has 1 fully saturated rings. The molecule has 10 nitrogen and oxygen atoms in total. The largest absolute Gasteiger partial charge is 0.454 e. The van der Waals surface area contributed by atoms with E-state index in [-0.39, 0.29) is 5.69 Å². The number of nitro groups is 1. The van der Waals surface area contributed by atoms with Gasteiger partial charge in [-0.1, -0.05) is 12.2 Å². The highest BCUT2D eigenvalue weighted by Crippen LogP contribution is 2.36. The number of imide groups is 1. The number of likely N-dealkylation sites (tertiary alicyclic amines) is 1. The molecular weight excluding hydrogens is 382 g/mol. The molecule has 0 bridgehead atoms. The van der Waals surface area contributed by atoms with Crippen LogP contribution in [0.3, 0.4) is 0 Å². The molecule has 3 atom stereocenters. The van der Waals surface area contributed by atoms with Gasteiger partial charge in [0.1, 0.15) is 6.04 Å². The van der Waals surface area contributed by atoms with E-state index in [1.165, 1.54) is 31.2 Å². The van der Waals surface area contributed by atoms with Crippen LogP contribution in [0.2, 0.25) is 0 Å². The zero-order valence-electron chi connectivity index (χ0n) is 15.6. The van der Waals surface area contributed by atoms with Crippen LogP contribution in [0.15, 0.2) is 36.4 Å². The zero-order valence-corrected chi connectivity index (χ0v) is 15.6. The predicted molar refractivity (Wildman–Crippen MR) is 99.4 cm³/mol. The normalized spacial score (nSPS) is 21.5. The summed E-state index contributed by atoms with van der Waals surface area (Å²) in [5.41, 5.74) is 0.171. The molecule has 3 amide bonds. The van der Waals surface area contributed by atoms with E-state index in [2.05, 4.69) is 5.32 Å². The summed E-state index contributed by atoms with van der Waals surface area (Å²) in [7, 11) is 0. The number of nitrogens with one attached hydrogen (secondary N) is 1. The number of amides is 3. The molecule has 1 saturated heterocycles. The number of ether oxygens (including phenoxy) is 1. The summed E-state index contributed by atoms with van der Waals surface area (Å²) in [6.07, 6.45) is 4.62. The van der Waals surface area contributed by atoms with Gasteiger partial charge in [0.2, 0.25) is 11.8 Å². The number of non-ortho nitro benzene ring substituents is 1. The molecule has 0 saturated carbocycles. The summed E-state index contributed by atoms with van der Waals surface area (Å²) in [5, 5.41) is 13.1. The van der Waals surface area contributed by atoms with Crippen molar-refractivity contribution < 1.29 is 28.8 Å². The van der Waals surface area contributed by atoms with Crippen molar-refractivity contribution in [2.45, 2.75) is 25.8 Å². The summed E-state index contributed by atoms with van der Waals surface area (Å²) >= 11 is 0. The van der Waals surface area contributed by atoms with Crippen LogP contribution in [0.25, 0.3) is 0 Å². The number of hydrogen-bond donors (Lipinski definition) is 1. The average molecular weight is 401 g/mol. The highest BCUT2D eigenvalue weighted by Gasteiger charge is 2.50. The van der Waals surface area contributed by atoms with Gasteiger partial charge in [0.15, 0.2) is 6.61 Å². The lowest BCUT2D eigenvalue weighted by Gasteiger charge is -2.21. The molecule has 0 unspecified atom stereocenters. The van der Waals surface area contributed by atoms with Crippen LogP contribution in [0.4, 0.5) is 11.4 Å². The van der Waals surface area contributed by atoms with Gasteiger partial charge in [-0.05, 0) is 31.9 Å². The summed E-state index contributed by atoms with van der Waals surface area (Å²) < 4.78 is 4.94. The van der Waals surface area contributed by atoms with Crippen LogP contribution >= 0.6 is 0 Å². The Morgan fingerprint density at radius 2 is 1.72 bits per heavy atom. The second-order valence-electron chi connectivity index (χ2n) is 6.84. The first kappa shape index (κ1) is 20.2. The molecule has 3 rings (SSSR count). The van der Waals surface area contributed by atoms with E-state index >= 15 is 0 Å². The van der Waals surface area contributed by atoms with Gasteiger partial charge < -0.3 is 10.1 Å². The van der Waals surface area contributed by atoms with Crippen molar-refractivity contribution in [3.05, 3.63) is 46.5 Å². The molecule has 1 N–H and O–H groups in total. The van der Waals surface area contributed by atoms with Crippen LogP contribution in [0.5, 0.6) is 0 Å². The van der Waals surface area contributed by atoms with Gasteiger partial charge >= 0.3 is 5.97 Å². The average Bonchev–Trinajstić information content (AvgIpc) is 2.96. The van der Waals surface area contributed by atoms with Gasteiger partial charge in [0.05, 0.1) is 16.8 Å². The van der Waals surface area contributed by atoms with Crippen LogP contribution in [-0.2, 0) is 23.9 Å². The quantitative estimate of drug-likeness (QED) is 0.250. The van der Waals surface area contributed by atoms with Crippen molar-refractivity contribution in [2.24, 2.45) is 11.8 Å². The Balaban J connectivity index is 1.53. The fourth-order valence-electron chi connectivity index (χ4n) is 3.43. The van der Waals surface area contributed by atoms with Crippen molar-refractivity contribution in [3.63, 3.8) is 0 Å². The number of benzene rings is 1. The summed E-state index contributed by atoms with van der Waals surface area (Å²) in [4.78, 5) is 60.2. The van der Waals surface area contributed by atoms with E-state index < -0.39 is 53.1 Å². The van der Waals surface area contributed by atoms with E-state index in [1.54, 1.807) is 0 Å². The van der Waals surface area contributed by atoms with Gasteiger partial charge in [-0.25, -0.2) is 4.79 Å². The first-order valence-electron chi connectivity index (χ1n) is 9.02. The third-order valence-corrected chi connectivity index (χ3v) is 4.98. The smallest absolute Gasteiger partial charge is 0.329 e. The van der Waals surface area contributed by atoms with E-state index in [9.17, 15) is 29.3 Å². The second kappa shape index (κ2) is 8.21. The SMILES string of the molecule is C[C@@H](C(=O)OCC(=O)Nc1ccc([N+](=O)[O-])cc1)N1C(=O)[C@H]2CC=CC[C@@H]2C1=O. The Kier molecular flexibility index (Phi) is 5.71. The van der Waals surface area contributed by atoms with Crippen LogP contribution in [0.1, 0.15) is 19.8 Å². The Labute approximate surface area is 165 Å². The molecule has 29 heavy (non-hydrogen) atoms. The summed E-state index contributed by atoms with van der Waals surface area (Å²) in [6.45, 7) is 0.766. The number of nitrogens with zero attached hydrogens (tertiary/aromatic N) is 2. The van der Waals surface area contributed by atoms with E-state index in [0.29, 0.717) is 18.5 Å². The standard InChI is InChI=1S/C19H19N3O7/c1-11(21-17(24)14-4-2-3-5-15(14)18(21)25)19(26)29-10-16(23)20-12-6-8-13(9-7-12)22(27)28/h2-3,6-9,11,14-15H,4-5,10H2,1H3,(H,20,23)/t11-,14-,15-/m0/s1. The number of esters is 1. The summed E-state index contributed by atoms with van der Waals surface area (Å²) in [5.74, 6) is -3.22. The number of carbonyl (C=O) groups is 4. The molecule has 0 spiro atoms. The fourth-order valence-corrected chi connectivity index (χ4v) is 3.43. The topological polar surface area (TPSA) is 136 Å². The lowest BCUT2D eigenvalue weighted by Crippen LogP contribution is -2.45. The van der Waals surface area contributed by atoms with Crippen molar-refractivity contribution >= 4 is 35.1 Å². The van der Waals surface area contributed by atoms with Gasteiger partial charge in [-0.2, -0.15) is 0 Å². The highest BCUT2D eigenvalue weighted by molar-refractivity contribution is 6.08. The molecule has 0 aromatic heterocycles. The Morgan fingerprint density at radius 1 is 1.17 bits per heavy atom. The number of allylic oxidation sites excluding steroid dienone is 2.